The molecule has 0 N–H and O–H groups in total. The van der Waals surface area contributed by atoms with Crippen LogP contribution < -0.4 is 0 Å². The fourth-order valence-corrected chi connectivity index (χ4v) is 6.50. The lowest BCUT2D eigenvalue weighted by atomic mass is 9.93. The van der Waals surface area contributed by atoms with Crippen molar-refractivity contribution < 1.29 is 4.42 Å². The molecular weight excluding hydrogens is 514 g/mol. The van der Waals surface area contributed by atoms with Crippen LogP contribution in [0.1, 0.15) is 0 Å². The van der Waals surface area contributed by atoms with Gasteiger partial charge in [0.25, 0.3) is 0 Å². The van der Waals surface area contributed by atoms with Gasteiger partial charge in [0.15, 0.2) is 0 Å². The van der Waals surface area contributed by atoms with Crippen molar-refractivity contribution in [2.24, 2.45) is 0 Å². The van der Waals surface area contributed by atoms with Gasteiger partial charge in [0, 0.05) is 33.0 Å². The molecule has 42 heavy (non-hydrogen) atoms. The van der Waals surface area contributed by atoms with E-state index < -0.39 is 0 Å². The first kappa shape index (κ1) is 23.0. The molecule has 2 heterocycles. The Labute approximate surface area is 241 Å². The molecule has 0 atom stereocenters. The summed E-state index contributed by atoms with van der Waals surface area (Å²) in [5.74, 6) is 1.01. The summed E-state index contributed by atoms with van der Waals surface area (Å²) in [4.78, 5) is 0. The van der Waals surface area contributed by atoms with Crippen LogP contribution in [-0.2, 0) is 0 Å². The average Bonchev–Trinajstić information content (AvgIpc) is 3.69. The van der Waals surface area contributed by atoms with Crippen molar-refractivity contribution >= 4 is 54.1 Å². The molecule has 7 aromatic carbocycles. The van der Waals surface area contributed by atoms with E-state index in [2.05, 4.69) is 124 Å². The highest BCUT2D eigenvalue weighted by atomic mass is 16.4. The normalized spacial score (nSPS) is 11.8. The smallest absolute Gasteiger partial charge is 0.248 e. The van der Waals surface area contributed by atoms with Crippen LogP contribution in [0.4, 0.5) is 0 Å². The van der Waals surface area contributed by atoms with Crippen molar-refractivity contribution in [1.29, 1.82) is 0 Å². The van der Waals surface area contributed by atoms with Gasteiger partial charge in [-0.05, 0) is 63.3 Å². The van der Waals surface area contributed by atoms with Crippen LogP contribution in [0.5, 0.6) is 0 Å². The van der Waals surface area contributed by atoms with E-state index in [1.807, 2.05) is 30.3 Å². The van der Waals surface area contributed by atoms with Gasteiger partial charge in [0.1, 0.15) is 0 Å². The Morgan fingerprint density at radius 3 is 1.86 bits per heavy atom. The highest BCUT2D eigenvalue weighted by molar-refractivity contribution is 6.36. The molecule has 0 saturated carbocycles. The number of fused-ring (bicyclic) bond motifs is 10. The van der Waals surface area contributed by atoms with Crippen molar-refractivity contribution in [3.05, 3.63) is 140 Å². The summed E-state index contributed by atoms with van der Waals surface area (Å²) in [6.45, 7) is 0. The second-order valence-corrected chi connectivity index (χ2v) is 10.7. The maximum atomic E-state index is 6.19. The highest BCUT2D eigenvalue weighted by Gasteiger charge is 2.21. The van der Waals surface area contributed by atoms with Gasteiger partial charge in [-0.1, -0.05) is 103 Å². The third kappa shape index (κ3) is 3.29. The predicted octanol–water partition coefficient (Wildman–Crippen LogP) is 9.96. The van der Waals surface area contributed by atoms with Crippen molar-refractivity contribution in [2.45, 2.75) is 0 Å². The fraction of sp³-hybridized carbons (Fsp3) is 0. The number of rotatable bonds is 3. The molecule has 0 amide bonds. The average molecular weight is 538 g/mol. The molecule has 4 nitrogen and oxygen atoms in total. The molecule has 196 valence electrons. The Morgan fingerprint density at radius 2 is 1.05 bits per heavy atom. The van der Waals surface area contributed by atoms with Crippen molar-refractivity contribution in [3.8, 4) is 28.6 Å². The Bertz CT molecular complexity index is 2460. The number of benzene rings is 7. The molecule has 0 radical (unpaired) electrons. The van der Waals surface area contributed by atoms with Crippen LogP contribution in [0, 0.1) is 0 Å². The number of para-hydroxylation sites is 1. The topological polar surface area (TPSA) is 43.9 Å². The zero-order valence-electron chi connectivity index (χ0n) is 22.5. The first-order valence-electron chi connectivity index (χ1n) is 14.1. The quantitative estimate of drug-likeness (QED) is 0.211. The van der Waals surface area contributed by atoms with Crippen LogP contribution in [0.2, 0.25) is 0 Å². The van der Waals surface area contributed by atoms with Crippen LogP contribution >= 0.6 is 0 Å². The number of aromatic nitrogens is 3. The highest BCUT2D eigenvalue weighted by Crippen LogP contribution is 2.45. The van der Waals surface area contributed by atoms with Crippen LogP contribution in [-0.4, -0.2) is 14.8 Å². The summed E-state index contributed by atoms with van der Waals surface area (Å²) >= 11 is 0. The lowest BCUT2D eigenvalue weighted by Gasteiger charge is -2.14. The second kappa shape index (κ2) is 8.88. The fourth-order valence-electron chi connectivity index (χ4n) is 6.50. The SMILES string of the molecule is c1ccc(-c2nnc(-c3ccc4c5c6ccccc6c6ccc7ccccc7c6c5n(-c5ccccc5)c4c3)o2)cc1. The lowest BCUT2D eigenvalue weighted by molar-refractivity contribution is 0.584. The van der Waals surface area contributed by atoms with Crippen molar-refractivity contribution in [3.63, 3.8) is 0 Å². The van der Waals surface area contributed by atoms with Gasteiger partial charge in [-0.15, -0.1) is 10.2 Å². The van der Waals surface area contributed by atoms with E-state index in [1.54, 1.807) is 0 Å². The monoisotopic (exact) mass is 537 g/mol. The van der Waals surface area contributed by atoms with E-state index in [4.69, 9.17) is 4.42 Å². The Balaban J connectivity index is 1.45. The van der Waals surface area contributed by atoms with E-state index in [-0.39, 0.29) is 0 Å². The molecule has 9 aromatic rings. The van der Waals surface area contributed by atoms with Gasteiger partial charge in [-0.3, -0.25) is 0 Å². The van der Waals surface area contributed by atoms with Gasteiger partial charge < -0.3 is 8.98 Å². The van der Waals surface area contributed by atoms with E-state index in [0.717, 1.165) is 22.3 Å². The van der Waals surface area contributed by atoms with E-state index in [1.165, 1.54) is 48.6 Å². The van der Waals surface area contributed by atoms with Gasteiger partial charge in [0.2, 0.25) is 11.8 Å². The lowest BCUT2D eigenvalue weighted by Crippen LogP contribution is -1.95. The third-order valence-corrected chi connectivity index (χ3v) is 8.33. The van der Waals surface area contributed by atoms with Crippen LogP contribution in [0.25, 0.3) is 82.7 Å². The zero-order chi connectivity index (χ0) is 27.6. The van der Waals surface area contributed by atoms with Crippen LogP contribution in [0.15, 0.2) is 144 Å². The summed E-state index contributed by atoms with van der Waals surface area (Å²) in [5, 5.41) is 18.7. The van der Waals surface area contributed by atoms with Crippen LogP contribution in [0.3, 0.4) is 0 Å². The summed E-state index contributed by atoms with van der Waals surface area (Å²) in [7, 11) is 0. The molecule has 0 unspecified atom stereocenters. The molecule has 0 fully saturated rings. The largest absolute Gasteiger partial charge is 0.416 e. The van der Waals surface area contributed by atoms with Gasteiger partial charge in [-0.25, -0.2) is 0 Å². The summed E-state index contributed by atoms with van der Waals surface area (Å²) in [6.07, 6.45) is 0. The maximum Gasteiger partial charge on any atom is 0.248 e. The van der Waals surface area contributed by atoms with E-state index >= 15 is 0 Å². The molecule has 9 rings (SSSR count). The molecular formula is C38H23N3O. The summed E-state index contributed by atoms with van der Waals surface area (Å²) in [6, 6.07) is 49.0. The van der Waals surface area contributed by atoms with Gasteiger partial charge >= 0.3 is 0 Å². The molecule has 0 aliphatic heterocycles. The van der Waals surface area contributed by atoms with Crippen molar-refractivity contribution in [2.75, 3.05) is 0 Å². The number of hydrogen-bond acceptors (Lipinski definition) is 3. The molecule has 0 bridgehead atoms. The Kier molecular flexibility index (Phi) is 4.87. The molecule has 0 saturated heterocycles. The Hall–Kier alpha value is -5.74. The maximum absolute atomic E-state index is 6.19. The second-order valence-electron chi connectivity index (χ2n) is 10.7. The third-order valence-electron chi connectivity index (χ3n) is 8.33. The van der Waals surface area contributed by atoms with Gasteiger partial charge in [-0.2, -0.15) is 0 Å². The molecule has 4 heteroatoms. The molecule has 0 spiro atoms. The Morgan fingerprint density at radius 1 is 0.452 bits per heavy atom. The minimum Gasteiger partial charge on any atom is -0.416 e. The van der Waals surface area contributed by atoms with E-state index in [9.17, 15) is 0 Å². The minimum absolute atomic E-state index is 0.501. The first-order chi connectivity index (χ1) is 20.8. The summed E-state index contributed by atoms with van der Waals surface area (Å²) in [5.41, 5.74) is 5.19. The van der Waals surface area contributed by atoms with Crippen molar-refractivity contribution in [1.82, 2.24) is 14.8 Å². The molecule has 2 aromatic heterocycles. The predicted molar refractivity (Wildman–Crippen MR) is 172 cm³/mol. The van der Waals surface area contributed by atoms with Gasteiger partial charge in [0.05, 0.1) is 11.0 Å². The zero-order valence-corrected chi connectivity index (χ0v) is 22.5. The number of hydrogen-bond donors (Lipinski definition) is 0. The minimum atomic E-state index is 0.501. The first-order valence-corrected chi connectivity index (χ1v) is 14.1. The summed E-state index contributed by atoms with van der Waals surface area (Å²) < 4.78 is 8.60. The molecule has 0 aliphatic rings. The van der Waals surface area contributed by atoms with E-state index in [0.29, 0.717) is 11.8 Å². The molecule has 0 aliphatic carbocycles. The number of nitrogens with zero attached hydrogens (tertiary/aromatic N) is 3. The standard InChI is InChI=1S/C38H23N3O/c1-3-12-25(13-4-1)37-39-40-38(42-37)26-20-22-32-33(23-26)41(27-14-5-2-6-15-27)36-34-28-16-8-7-11-24(28)19-21-31(34)29-17-9-10-18-30(29)35(32)36/h1-23H.